The molecule has 0 aliphatic heterocycles. The maximum Gasteiger partial charge on any atom is 0.250 e. The van der Waals surface area contributed by atoms with Crippen molar-refractivity contribution in [3.63, 3.8) is 0 Å². The lowest BCUT2D eigenvalue weighted by Gasteiger charge is -2.05. The summed E-state index contributed by atoms with van der Waals surface area (Å²) < 4.78 is 27.3. The van der Waals surface area contributed by atoms with Crippen molar-refractivity contribution in [2.45, 2.75) is 24.2 Å². The molecule has 0 fully saturated rings. The minimum Gasteiger partial charge on any atom is -0.316 e. The fraction of sp³-hybridized carbons (Fsp3) is 0.286. The molecule has 0 saturated heterocycles. The maximum absolute atomic E-state index is 12.2. The van der Waals surface area contributed by atoms with Crippen LogP contribution in [0.25, 0.3) is 0 Å². The van der Waals surface area contributed by atoms with Crippen LogP contribution in [-0.4, -0.2) is 15.5 Å². The van der Waals surface area contributed by atoms with Crippen LogP contribution >= 0.6 is 11.3 Å². The summed E-state index contributed by atoms with van der Waals surface area (Å²) in [6.45, 7) is 2.98. The Hall–Kier alpha value is -1.21. The number of sulfonamides is 1. The van der Waals surface area contributed by atoms with Crippen molar-refractivity contribution in [3.05, 3.63) is 52.4 Å². The first-order valence-corrected chi connectivity index (χ1v) is 8.65. The number of aryl methyl sites for hydroxylation is 1. The normalized spacial score (nSPS) is 11.7. The van der Waals surface area contributed by atoms with E-state index in [0.717, 1.165) is 16.7 Å². The lowest BCUT2D eigenvalue weighted by Crippen LogP contribution is -2.22. The molecule has 2 aromatic rings. The zero-order valence-electron chi connectivity index (χ0n) is 11.5. The van der Waals surface area contributed by atoms with Gasteiger partial charge < -0.3 is 5.32 Å². The van der Waals surface area contributed by atoms with E-state index < -0.39 is 10.0 Å². The molecule has 4 nitrogen and oxygen atoms in total. The Labute approximate surface area is 123 Å². The van der Waals surface area contributed by atoms with Gasteiger partial charge in [-0.1, -0.05) is 29.8 Å². The first kappa shape index (κ1) is 15.2. The Morgan fingerprint density at radius 2 is 1.80 bits per heavy atom. The van der Waals surface area contributed by atoms with Crippen LogP contribution in [0.5, 0.6) is 0 Å². The Balaban J connectivity index is 2.04. The van der Waals surface area contributed by atoms with Crippen LogP contribution < -0.4 is 10.0 Å². The minimum absolute atomic E-state index is 0.307. The smallest absolute Gasteiger partial charge is 0.250 e. The van der Waals surface area contributed by atoms with Crippen LogP contribution in [0.2, 0.25) is 0 Å². The second kappa shape index (κ2) is 6.49. The Bertz CT molecular complexity index is 661. The molecule has 1 heterocycles. The van der Waals surface area contributed by atoms with Crippen LogP contribution in [0.1, 0.15) is 16.7 Å². The Morgan fingerprint density at radius 3 is 2.45 bits per heavy atom. The monoisotopic (exact) mass is 310 g/mol. The number of rotatable bonds is 6. The molecule has 0 atom stereocenters. The average Bonchev–Trinajstić information content (AvgIpc) is 2.88. The van der Waals surface area contributed by atoms with Gasteiger partial charge in [-0.3, -0.25) is 0 Å². The van der Waals surface area contributed by atoms with Gasteiger partial charge in [-0.15, -0.1) is 11.3 Å². The topological polar surface area (TPSA) is 58.2 Å². The van der Waals surface area contributed by atoms with Crippen molar-refractivity contribution >= 4 is 21.4 Å². The third kappa shape index (κ3) is 3.89. The molecule has 1 aromatic heterocycles. The summed E-state index contributed by atoms with van der Waals surface area (Å²) in [5, 5.41) is 4.86. The fourth-order valence-electron chi connectivity index (χ4n) is 1.75. The maximum atomic E-state index is 12.2. The molecular weight excluding hydrogens is 292 g/mol. The SMILES string of the molecule is CNCc1csc(S(=O)(=O)NCc2ccc(C)cc2)c1. The van der Waals surface area contributed by atoms with Crippen molar-refractivity contribution < 1.29 is 8.42 Å². The average molecular weight is 310 g/mol. The second-order valence-corrected chi connectivity index (χ2v) is 7.52. The lowest BCUT2D eigenvalue weighted by molar-refractivity contribution is 0.583. The molecule has 0 unspecified atom stereocenters. The molecule has 20 heavy (non-hydrogen) atoms. The van der Waals surface area contributed by atoms with Crippen molar-refractivity contribution in [2.24, 2.45) is 0 Å². The second-order valence-electron chi connectivity index (χ2n) is 4.61. The van der Waals surface area contributed by atoms with E-state index in [4.69, 9.17) is 0 Å². The summed E-state index contributed by atoms with van der Waals surface area (Å²) in [6, 6.07) is 9.51. The molecule has 0 aliphatic rings. The molecule has 0 radical (unpaired) electrons. The highest BCUT2D eigenvalue weighted by Gasteiger charge is 2.16. The van der Waals surface area contributed by atoms with Crippen LogP contribution in [0.15, 0.2) is 39.9 Å². The Morgan fingerprint density at radius 1 is 1.10 bits per heavy atom. The van der Waals surface area contributed by atoms with Gasteiger partial charge in [0.1, 0.15) is 4.21 Å². The predicted molar refractivity (Wildman–Crippen MR) is 82.3 cm³/mol. The fourth-order valence-corrected chi connectivity index (χ4v) is 4.02. The Kier molecular flexibility index (Phi) is 4.93. The highest BCUT2D eigenvalue weighted by molar-refractivity contribution is 7.91. The van der Waals surface area contributed by atoms with Gasteiger partial charge >= 0.3 is 0 Å². The zero-order chi connectivity index (χ0) is 14.6. The molecule has 108 valence electrons. The van der Waals surface area contributed by atoms with Crippen LogP contribution in [0.4, 0.5) is 0 Å². The summed E-state index contributed by atoms with van der Waals surface area (Å²) >= 11 is 1.24. The van der Waals surface area contributed by atoms with E-state index >= 15 is 0 Å². The van der Waals surface area contributed by atoms with E-state index in [2.05, 4.69) is 10.0 Å². The largest absolute Gasteiger partial charge is 0.316 e. The molecule has 2 N–H and O–H groups in total. The summed E-state index contributed by atoms with van der Waals surface area (Å²) in [5.41, 5.74) is 3.09. The van der Waals surface area contributed by atoms with Gasteiger partial charge in [-0.2, -0.15) is 0 Å². The van der Waals surface area contributed by atoms with Gasteiger partial charge in [0.05, 0.1) is 0 Å². The number of hydrogen-bond acceptors (Lipinski definition) is 4. The van der Waals surface area contributed by atoms with Gasteiger partial charge in [0.25, 0.3) is 0 Å². The van der Waals surface area contributed by atoms with Crippen molar-refractivity contribution in [1.29, 1.82) is 0 Å². The predicted octanol–water partition coefficient (Wildman–Crippen LogP) is 2.25. The zero-order valence-corrected chi connectivity index (χ0v) is 13.1. The van der Waals surface area contributed by atoms with Gasteiger partial charge in [-0.05, 0) is 36.5 Å². The number of nitrogens with one attached hydrogen (secondary N) is 2. The molecule has 0 bridgehead atoms. The number of hydrogen-bond donors (Lipinski definition) is 2. The summed E-state index contributed by atoms with van der Waals surface area (Å²) in [5.74, 6) is 0. The number of thiophene rings is 1. The van der Waals surface area contributed by atoms with Crippen molar-refractivity contribution in [3.8, 4) is 0 Å². The van der Waals surface area contributed by atoms with E-state index in [0.29, 0.717) is 17.3 Å². The van der Waals surface area contributed by atoms with Crippen LogP contribution in [0.3, 0.4) is 0 Å². The molecule has 0 amide bonds. The van der Waals surface area contributed by atoms with Crippen LogP contribution in [-0.2, 0) is 23.1 Å². The molecule has 2 rings (SSSR count). The standard InChI is InChI=1S/C14H18N2O2S2/c1-11-3-5-12(6-4-11)9-16-20(17,18)14-7-13(8-15-2)10-19-14/h3-7,10,15-16H,8-9H2,1-2H3. The summed E-state index contributed by atoms with van der Waals surface area (Å²) in [7, 11) is -1.59. The van der Waals surface area contributed by atoms with Crippen molar-refractivity contribution in [1.82, 2.24) is 10.0 Å². The molecule has 6 heteroatoms. The number of benzene rings is 1. The quantitative estimate of drug-likeness (QED) is 0.860. The molecule has 0 spiro atoms. The van der Waals surface area contributed by atoms with Crippen molar-refractivity contribution in [2.75, 3.05) is 7.05 Å². The van der Waals surface area contributed by atoms with E-state index in [1.807, 2.05) is 43.6 Å². The van der Waals surface area contributed by atoms with Crippen LogP contribution in [0, 0.1) is 6.92 Å². The molecule has 1 aromatic carbocycles. The van der Waals surface area contributed by atoms with E-state index in [9.17, 15) is 8.42 Å². The van der Waals surface area contributed by atoms with Gasteiger partial charge in [-0.25, -0.2) is 13.1 Å². The molecule has 0 saturated carbocycles. The molecule has 0 aliphatic carbocycles. The van der Waals surface area contributed by atoms with Gasteiger partial charge in [0.2, 0.25) is 10.0 Å². The highest BCUT2D eigenvalue weighted by Crippen LogP contribution is 2.20. The summed E-state index contributed by atoms with van der Waals surface area (Å²) in [4.78, 5) is 0. The molecular formula is C14H18N2O2S2. The van der Waals surface area contributed by atoms with E-state index in [-0.39, 0.29) is 0 Å². The highest BCUT2D eigenvalue weighted by atomic mass is 32.2. The van der Waals surface area contributed by atoms with Gasteiger partial charge in [0, 0.05) is 13.1 Å². The van der Waals surface area contributed by atoms with E-state index in [1.165, 1.54) is 11.3 Å². The first-order chi connectivity index (χ1) is 9.51. The van der Waals surface area contributed by atoms with Gasteiger partial charge in [0.15, 0.2) is 0 Å². The lowest BCUT2D eigenvalue weighted by atomic mass is 10.2. The first-order valence-electron chi connectivity index (χ1n) is 6.28. The van der Waals surface area contributed by atoms with E-state index in [1.54, 1.807) is 6.07 Å². The third-order valence-corrected chi connectivity index (χ3v) is 5.75. The third-order valence-electron chi connectivity index (χ3n) is 2.86. The minimum atomic E-state index is -3.43. The summed E-state index contributed by atoms with van der Waals surface area (Å²) in [6.07, 6.45) is 0.